The van der Waals surface area contributed by atoms with Crippen LogP contribution in [0.5, 0.6) is 0 Å². The lowest BCUT2D eigenvalue weighted by molar-refractivity contribution is -0.491. The molecule has 1 aliphatic carbocycles. The summed E-state index contributed by atoms with van der Waals surface area (Å²) in [6.45, 7) is 8.09. The Hall–Kier alpha value is -1.89. The molecule has 0 unspecified atom stereocenters. The molecule has 0 saturated heterocycles. The van der Waals surface area contributed by atoms with Crippen molar-refractivity contribution in [1.82, 2.24) is 0 Å². The van der Waals surface area contributed by atoms with Crippen LogP contribution in [0.25, 0.3) is 5.57 Å². The van der Waals surface area contributed by atoms with Crippen molar-refractivity contribution in [3.8, 4) is 0 Å². The van der Waals surface area contributed by atoms with Gasteiger partial charge in [0, 0.05) is 13.8 Å². The van der Waals surface area contributed by atoms with Gasteiger partial charge in [0.05, 0.1) is 11.1 Å². The van der Waals surface area contributed by atoms with E-state index >= 15 is 0 Å². The van der Waals surface area contributed by atoms with Crippen LogP contribution in [0, 0.1) is 0 Å². The minimum atomic E-state index is 0.153. The zero-order chi connectivity index (χ0) is 12.3. The first-order valence-corrected chi connectivity index (χ1v) is 5.85. The van der Waals surface area contributed by atoms with E-state index in [0.29, 0.717) is 0 Å². The van der Waals surface area contributed by atoms with Gasteiger partial charge in [-0.3, -0.25) is 4.42 Å². The third-order valence-corrected chi connectivity index (χ3v) is 2.53. The normalized spacial score (nSPS) is 17.7. The van der Waals surface area contributed by atoms with Crippen LogP contribution in [-0.4, -0.2) is 11.9 Å². The fraction of sp³-hybridized carbons (Fsp3) is 0.188. The number of benzene rings is 1. The molecule has 1 aliphatic rings. The zero-order valence-electron chi connectivity index (χ0n) is 10.3. The average Bonchev–Trinajstić information content (AvgIpc) is 2.32. The van der Waals surface area contributed by atoms with Crippen LogP contribution in [0.3, 0.4) is 0 Å². The van der Waals surface area contributed by atoms with Crippen LogP contribution < -0.4 is 0 Å². The monoisotopic (exact) mass is 225 g/mol. The van der Waals surface area contributed by atoms with E-state index < -0.39 is 0 Å². The van der Waals surface area contributed by atoms with E-state index in [-0.39, 0.29) is 6.10 Å². The summed E-state index contributed by atoms with van der Waals surface area (Å²) in [7, 11) is 0. The fourth-order valence-electron chi connectivity index (χ4n) is 1.80. The molecule has 0 spiro atoms. The Kier molecular flexibility index (Phi) is 3.38. The second-order valence-corrected chi connectivity index (χ2v) is 4.33. The van der Waals surface area contributed by atoms with Crippen LogP contribution in [0.15, 0.2) is 60.7 Å². The summed E-state index contributed by atoms with van der Waals surface area (Å²) < 4.78 is 5.87. The highest BCUT2D eigenvalue weighted by molar-refractivity contribution is 6.30. The lowest BCUT2D eigenvalue weighted by Crippen LogP contribution is -2.13. The van der Waals surface area contributed by atoms with Gasteiger partial charge in [-0.2, -0.15) is 0 Å². The van der Waals surface area contributed by atoms with Crippen molar-refractivity contribution in [3.63, 3.8) is 0 Å². The molecule has 1 nitrogen and oxygen atoms in total. The van der Waals surface area contributed by atoms with Gasteiger partial charge < -0.3 is 0 Å². The van der Waals surface area contributed by atoms with Gasteiger partial charge in [0.15, 0.2) is 0 Å². The van der Waals surface area contributed by atoms with Crippen molar-refractivity contribution in [1.29, 1.82) is 0 Å². The molecule has 0 bridgehead atoms. The molecule has 2 rings (SSSR count). The molecule has 17 heavy (non-hydrogen) atoms. The maximum Gasteiger partial charge on any atom is 0.358 e. The first kappa shape index (κ1) is 11.6. The van der Waals surface area contributed by atoms with Crippen LogP contribution in [0.2, 0.25) is 0 Å². The van der Waals surface area contributed by atoms with Crippen molar-refractivity contribution in [3.05, 3.63) is 66.3 Å². The van der Waals surface area contributed by atoms with Crippen molar-refractivity contribution >= 4 is 11.4 Å². The average molecular weight is 225 g/mol. The van der Waals surface area contributed by atoms with Gasteiger partial charge >= 0.3 is 5.78 Å². The smallest absolute Gasteiger partial charge is 0.251 e. The molecule has 0 aliphatic heterocycles. The van der Waals surface area contributed by atoms with Crippen LogP contribution >= 0.6 is 0 Å². The van der Waals surface area contributed by atoms with Gasteiger partial charge in [-0.1, -0.05) is 43.0 Å². The Bertz CT molecular complexity index is 502. The van der Waals surface area contributed by atoms with Crippen LogP contribution in [0.4, 0.5) is 0 Å². The Morgan fingerprint density at radius 1 is 1.12 bits per heavy atom. The van der Waals surface area contributed by atoms with Crippen molar-refractivity contribution in [2.45, 2.75) is 20.0 Å². The lowest BCUT2D eigenvalue weighted by Gasteiger charge is -2.07. The van der Waals surface area contributed by atoms with Gasteiger partial charge in [-0.15, -0.1) is 0 Å². The number of ketones is 1. The molecule has 1 aromatic carbocycles. The highest BCUT2D eigenvalue weighted by Gasteiger charge is 2.25. The Labute approximate surface area is 102 Å². The molecule has 0 N–H and O–H groups in total. The number of allylic oxidation sites excluding steroid dienone is 5. The number of hydrogen-bond donors (Lipinski definition) is 0. The van der Waals surface area contributed by atoms with E-state index in [1.165, 1.54) is 0 Å². The second-order valence-electron chi connectivity index (χ2n) is 4.33. The lowest BCUT2D eigenvalue weighted by atomic mass is 9.93. The molecular weight excluding hydrogens is 208 g/mol. The minimum absolute atomic E-state index is 0.153. The third-order valence-electron chi connectivity index (χ3n) is 2.53. The van der Waals surface area contributed by atoms with Crippen molar-refractivity contribution in [2.24, 2.45) is 0 Å². The largest absolute Gasteiger partial charge is 0.358 e. The Morgan fingerprint density at radius 3 is 2.47 bits per heavy atom. The number of hydrogen-bond acceptors (Lipinski definition) is 0. The first-order chi connectivity index (χ1) is 8.18. The molecule has 0 aromatic heterocycles. The zero-order valence-corrected chi connectivity index (χ0v) is 10.3. The molecule has 0 atom stereocenters. The maximum atomic E-state index is 5.87. The van der Waals surface area contributed by atoms with Crippen molar-refractivity contribution in [2.75, 3.05) is 0 Å². The topological polar surface area (TPSA) is 11.3 Å². The number of carbonyl (C=O) groups excluding carboxylic acids is 1. The first-order valence-electron chi connectivity index (χ1n) is 5.85. The predicted octanol–water partition coefficient (Wildman–Crippen LogP) is 3.71. The van der Waals surface area contributed by atoms with Gasteiger partial charge in [0.1, 0.15) is 0 Å². The van der Waals surface area contributed by atoms with Crippen LogP contribution in [-0.2, 0) is 4.42 Å². The molecule has 0 fully saturated rings. The third kappa shape index (κ3) is 2.62. The highest BCUT2D eigenvalue weighted by atomic mass is 16.4. The summed E-state index contributed by atoms with van der Waals surface area (Å²) in [4.78, 5) is 0. The molecule has 0 heterocycles. The summed E-state index contributed by atoms with van der Waals surface area (Å²) in [5.41, 5.74) is 3.19. The second kappa shape index (κ2) is 4.96. The van der Waals surface area contributed by atoms with Gasteiger partial charge in [0.2, 0.25) is 0 Å². The number of rotatable bonds is 2. The van der Waals surface area contributed by atoms with E-state index in [0.717, 1.165) is 22.5 Å². The van der Waals surface area contributed by atoms with E-state index in [4.69, 9.17) is 4.42 Å². The maximum absolute atomic E-state index is 5.87. The van der Waals surface area contributed by atoms with E-state index in [9.17, 15) is 0 Å². The summed E-state index contributed by atoms with van der Waals surface area (Å²) in [5, 5.41) is 0. The predicted molar refractivity (Wildman–Crippen MR) is 72.8 cm³/mol. The standard InChI is InChI=1S/C16H17O/c1-12(2)17-16-13(3)8-7-11-15(16)14-9-5-4-6-10-14/h4-12H,3H2,1-2H3/q+1. The molecule has 0 amide bonds. The summed E-state index contributed by atoms with van der Waals surface area (Å²) in [6.07, 6.45) is 6.21. The van der Waals surface area contributed by atoms with E-state index in [1.807, 2.05) is 44.2 Å². The SMILES string of the molecule is C=C1C=CC=C(c2ccccc2)C1=[O+]C(C)C. The summed E-state index contributed by atoms with van der Waals surface area (Å²) in [6, 6.07) is 10.2. The summed E-state index contributed by atoms with van der Waals surface area (Å²) >= 11 is 0. The quantitative estimate of drug-likeness (QED) is 0.537. The molecule has 1 heteroatoms. The highest BCUT2D eigenvalue weighted by Crippen LogP contribution is 2.23. The Balaban J connectivity index is 2.47. The molecule has 1 aromatic rings. The van der Waals surface area contributed by atoms with Gasteiger partial charge in [0.25, 0.3) is 6.10 Å². The van der Waals surface area contributed by atoms with Crippen LogP contribution in [0.1, 0.15) is 19.4 Å². The minimum Gasteiger partial charge on any atom is -0.251 e. The Morgan fingerprint density at radius 2 is 1.82 bits per heavy atom. The summed E-state index contributed by atoms with van der Waals surface area (Å²) in [5.74, 6) is 0.883. The fourth-order valence-corrected chi connectivity index (χ4v) is 1.80. The van der Waals surface area contributed by atoms with E-state index in [1.54, 1.807) is 0 Å². The molecule has 0 radical (unpaired) electrons. The van der Waals surface area contributed by atoms with E-state index in [2.05, 4.69) is 24.8 Å². The molecule has 0 saturated carbocycles. The van der Waals surface area contributed by atoms with Gasteiger partial charge in [-0.25, -0.2) is 0 Å². The van der Waals surface area contributed by atoms with Crippen molar-refractivity contribution < 1.29 is 4.42 Å². The van der Waals surface area contributed by atoms with Gasteiger partial charge in [-0.05, 0) is 17.7 Å². The molecular formula is C16H17O+. The molecule has 86 valence electrons.